The van der Waals surface area contributed by atoms with Crippen LogP contribution in [0, 0.1) is 17.4 Å². The molecule has 2 unspecified atom stereocenters. The molecule has 4 heteroatoms. The number of nitriles is 1. The van der Waals surface area contributed by atoms with Crippen molar-refractivity contribution in [1.82, 2.24) is 0 Å². The third-order valence-corrected chi connectivity index (χ3v) is 1.58. The topological polar surface area (TPSA) is 70.3 Å². The van der Waals surface area contributed by atoms with Crippen molar-refractivity contribution < 1.29 is 14.6 Å². The van der Waals surface area contributed by atoms with Crippen molar-refractivity contribution >= 4 is 5.97 Å². The van der Waals surface area contributed by atoms with E-state index in [2.05, 4.69) is 4.74 Å². The van der Waals surface area contributed by atoms with Crippen LogP contribution in [0.1, 0.15) is 20.3 Å². The predicted molar refractivity (Wildman–Crippen MR) is 37.6 cm³/mol. The maximum Gasteiger partial charge on any atom is 0.346 e. The molecule has 0 fully saturated rings. The molecule has 0 bridgehead atoms. The van der Waals surface area contributed by atoms with E-state index in [0.29, 0.717) is 6.42 Å². The molecule has 11 heavy (non-hydrogen) atoms. The molecule has 0 aliphatic carbocycles. The maximum atomic E-state index is 10.4. The molecule has 0 saturated heterocycles. The molecule has 0 radical (unpaired) electrons. The zero-order valence-electron chi connectivity index (χ0n) is 6.57. The van der Waals surface area contributed by atoms with Crippen LogP contribution in [-0.4, -0.2) is 17.2 Å². The van der Waals surface area contributed by atoms with Crippen molar-refractivity contribution in [1.29, 1.82) is 5.26 Å². The van der Waals surface area contributed by atoms with Crippen LogP contribution in [0.4, 0.5) is 0 Å². The highest BCUT2D eigenvalue weighted by Crippen LogP contribution is 2.10. The van der Waals surface area contributed by atoms with Crippen molar-refractivity contribution in [2.24, 2.45) is 5.92 Å². The Hall–Kier alpha value is -1.24. The molecule has 0 aliphatic rings. The second kappa shape index (κ2) is 4.56. The molecule has 0 saturated carbocycles. The van der Waals surface area contributed by atoms with Gasteiger partial charge in [-0.3, -0.25) is 0 Å². The van der Waals surface area contributed by atoms with Gasteiger partial charge in [0.25, 0.3) is 6.26 Å². The van der Waals surface area contributed by atoms with Gasteiger partial charge in [-0.1, -0.05) is 13.8 Å². The molecule has 4 nitrogen and oxygen atoms in total. The number of hydrogen-bond acceptors (Lipinski definition) is 3. The number of carboxylic acid groups (broad SMARTS) is 1. The standard InChI is InChI=1S/C7H11NO3/c1-3-5(2)6(7(9)10)11-4-8/h5-6H,3H2,1-2H3,(H,9,10). The molecule has 0 aromatic rings. The lowest BCUT2D eigenvalue weighted by Gasteiger charge is -2.14. The minimum Gasteiger partial charge on any atom is -0.478 e. The maximum absolute atomic E-state index is 10.4. The molecule has 0 aromatic carbocycles. The molecule has 0 aliphatic heterocycles. The van der Waals surface area contributed by atoms with Crippen LogP contribution in [-0.2, 0) is 9.53 Å². The van der Waals surface area contributed by atoms with E-state index in [1.807, 2.05) is 6.92 Å². The Kier molecular flexibility index (Phi) is 4.04. The van der Waals surface area contributed by atoms with E-state index >= 15 is 0 Å². The van der Waals surface area contributed by atoms with Crippen LogP contribution in [0.2, 0.25) is 0 Å². The van der Waals surface area contributed by atoms with Crippen molar-refractivity contribution in [3.8, 4) is 6.26 Å². The summed E-state index contributed by atoms with van der Waals surface area (Å²) in [5.41, 5.74) is 0. The van der Waals surface area contributed by atoms with E-state index in [1.54, 1.807) is 6.92 Å². The van der Waals surface area contributed by atoms with Crippen LogP contribution in [0.3, 0.4) is 0 Å². The smallest absolute Gasteiger partial charge is 0.346 e. The predicted octanol–water partition coefficient (Wildman–Crippen LogP) is 0.983. The Morgan fingerprint density at radius 2 is 2.36 bits per heavy atom. The van der Waals surface area contributed by atoms with Crippen LogP contribution in [0.5, 0.6) is 0 Å². The van der Waals surface area contributed by atoms with Gasteiger partial charge in [-0.05, 0) is 6.42 Å². The minimum absolute atomic E-state index is 0.132. The van der Waals surface area contributed by atoms with Gasteiger partial charge in [-0.2, -0.15) is 5.26 Å². The number of nitrogens with zero attached hydrogens (tertiary/aromatic N) is 1. The number of rotatable bonds is 4. The molecule has 2 atom stereocenters. The molecule has 62 valence electrons. The van der Waals surface area contributed by atoms with Crippen molar-refractivity contribution in [3.05, 3.63) is 0 Å². The van der Waals surface area contributed by atoms with Gasteiger partial charge in [-0.15, -0.1) is 0 Å². The number of carboxylic acids is 1. The highest BCUT2D eigenvalue weighted by molar-refractivity contribution is 5.72. The van der Waals surface area contributed by atoms with Crippen molar-refractivity contribution in [2.75, 3.05) is 0 Å². The van der Waals surface area contributed by atoms with Gasteiger partial charge in [0, 0.05) is 5.92 Å². The molecule has 0 aromatic heterocycles. The van der Waals surface area contributed by atoms with Crippen LogP contribution < -0.4 is 0 Å². The van der Waals surface area contributed by atoms with Gasteiger partial charge in [0.2, 0.25) is 6.10 Å². The van der Waals surface area contributed by atoms with E-state index in [4.69, 9.17) is 10.4 Å². The lowest BCUT2D eigenvalue weighted by molar-refractivity contribution is -0.149. The normalized spacial score (nSPS) is 14.6. The van der Waals surface area contributed by atoms with Gasteiger partial charge in [0.1, 0.15) is 0 Å². The lowest BCUT2D eigenvalue weighted by Crippen LogP contribution is -2.29. The number of carbonyl (C=O) groups is 1. The molecule has 1 N–H and O–H groups in total. The summed E-state index contributed by atoms with van der Waals surface area (Å²) in [7, 11) is 0. The SMILES string of the molecule is CCC(C)C(OC#N)C(=O)O. The summed E-state index contributed by atoms with van der Waals surface area (Å²) in [4.78, 5) is 10.4. The number of aliphatic carboxylic acids is 1. The third kappa shape index (κ3) is 2.89. The fourth-order valence-corrected chi connectivity index (χ4v) is 0.681. The van der Waals surface area contributed by atoms with E-state index in [9.17, 15) is 4.79 Å². The first-order chi connectivity index (χ1) is 5.13. The zero-order valence-corrected chi connectivity index (χ0v) is 6.57. The third-order valence-electron chi connectivity index (χ3n) is 1.58. The largest absolute Gasteiger partial charge is 0.478 e. The lowest BCUT2D eigenvalue weighted by atomic mass is 10.0. The number of ether oxygens (including phenoxy) is 1. The second-order valence-electron chi connectivity index (χ2n) is 2.35. The molecular formula is C7H11NO3. The van der Waals surface area contributed by atoms with Crippen molar-refractivity contribution in [3.63, 3.8) is 0 Å². The summed E-state index contributed by atoms with van der Waals surface area (Å²) >= 11 is 0. The fraction of sp³-hybridized carbons (Fsp3) is 0.714. The van der Waals surface area contributed by atoms with Crippen molar-refractivity contribution in [2.45, 2.75) is 26.4 Å². The minimum atomic E-state index is -1.08. The average molecular weight is 157 g/mol. The monoisotopic (exact) mass is 157 g/mol. The zero-order chi connectivity index (χ0) is 8.85. The molecule has 0 heterocycles. The highest BCUT2D eigenvalue weighted by Gasteiger charge is 2.24. The first-order valence-corrected chi connectivity index (χ1v) is 3.41. The van der Waals surface area contributed by atoms with E-state index in [1.165, 1.54) is 6.26 Å². The van der Waals surface area contributed by atoms with Gasteiger partial charge >= 0.3 is 5.97 Å². The summed E-state index contributed by atoms with van der Waals surface area (Å²) in [6.45, 7) is 3.58. The average Bonchev–Trinajstić information content (AvgIpc) is 1.98. The Morgan fingerprint density at radius 3 is 2.64 bits per heavy atom. The molecular weight excluding hydrogens is 146 g/mol. The van der Waals surface area contributed by atoms with Crippen LogP contribution in [0.25, 0.3) is 0 Å². The summed E-state index contributed by atoms with van der Waals surface area (Å²) in [5, 5.41) is 16.6. The Labute approximate surface area is 65.4 Å². The Balaban J connectivity index is 4.11. The van der Waals surface area contributed by atoms with E-state index in [0.717, 1.165) is 0 Å². The fourth-order valence-electron chi connectivity index (χ4n) is 0.681. The number of hydrogen-bond donors (Lipinski definition) is 1. The van der Waals surface area contributed by atoms with Gasteiger partial charge in [0.15, 0.2) is 0 Å². The molecule has 0 rings (SSSR count). The Bertz CT molecular complexity index is 173. The van der Waals surface area contributed by atoms with Gasteiger partial charge < -0.3 is 9.84 Å². The first-order valence-electron chi connectivity index (χ1n) is 3.41. The van der Waals surface area contributed by atoms with Crippen LogP contribution in [0.15, 0.2) is 0 Å². The van der Waals surface area contributed by atoms with Crippen LogP contribution >= 0.6 is 0 Å². The highest BCUT2D eigenvalue weighted by atomic mass is 16.5. The quantitative estimate of drug-likeness (QED) is 0.617. The second-order valence-corrected chi connectivity index (χ2v) is 2.35. The summed E-state index contributed by atoms with van der Waals surface area (Å²) in [6, 6.07) is 0. The Morgan fingerprint density at radius 1 is 1.82 bits per heavy atom. The summed E-state index contributed by atoms with van der Waals surface area (Å²) in [6.07, 6.45) is 1.07. The van der Waals surface area contributed by atoms with Gasteiger partial charge in [0.05, 0.1) is 0 Å². The molecule has 0 spiro atoms. The van der Waals surface area contributed by atoms with E-state index < -0.39 is 12.1 Å². The summed E-state index contributed by atoms with van der Waals surface area (Å²) < 4.78 is 4.36. The van der Waals surface area contributed by atoms with E-state index in [-0.39, 0.29) is 5.92 Å². The molecule has 0 amide bonds. The summed E-state index contributed by atoms with van der Waals surface area (Å²) in [5.74, 6) is -1.21. The first kappa shape index (κ1) is 9.76. The van der Waals surface area contributed by atoms with Gasteiger partial charge in [-0.25, -0.2) is 4.79 Å².